The van der Waals surface area contributed by atoms with E-state index in [2.05, 4.69) is 10.6 Å². The second kappa shape index (κ2) is 9.74. The third-order valence-electron chi connectivity index (χ3n) is 3.34. The Morgan fingerprint density at radius 3 is 2.15 bits per heavy atom. The first-order valence-electron chi connectivity index (χ1n) is 8.25. The predicted molar refractivity (Wildman–Crippen MR) is 96.3 cm³/mol. The van der Waals surface area contributed by atoms with Gasteiger partial charge in [0.1, 0.15) is 23.4 Å². The van der Waals surface area contributed by atoms with E-state index in [0.717, 1.165) is 0 Å². The van der Waals surface area contributed by atoms with Crippen LogP contribution >= 0.6 is 0 Å². The van der Waals surface area contributed by atoms with Gasteiger partial charge in [-0.05, 0) is 38.5 Å². The van der Waals surface area contributed by atoms with Crippen molar-refractivity contribution in [3.8, 4) is 5.75 Å². The molecule has 1 aromatic rings. The Labute approximate surface area is 157 Å². The van der Waals surface area contributed by atoms with Gasteiger partial charge in [0, 0.05) is 6.42 Å². The zero-order chi connectivity index (χ0) is 20.6. The van der Waals surface area contributed by atoms with Gasteiger partial charge in [0.15, 0.2) is 0 Å². The van der Waals surface area contributed by atoms with Crippen molar-refractivity contribution in [2.75, 3.05) is 6.61 Å². The van der Waals surface area contributed by atoms with Crippen LogP contribution in [0.1, 0.15) is 26.3 Å². The van der Waals surface area contributed by atoms with Crippen LogP contribution in [0.15, 0.2) is 24.3 Å². The number of phenolic OH excluding ortho intramolecular Hbond substituents is 1. The first-order chi connectivity index (χ1) is 12.6. The Morgan fingerprint density at radius 1 is 1.07 bits per heavy atom. The Kier molecular flexibility index (Phi) is 8.00. The summed E-state index contributed by atoms with van der Waals surface area (Å²) in [6.07, 6.45) is -0.797. The molecule has 2 atom stereocenters. The van der Waals surface area contributed by atoms with Gasteiger partial charge in [-0.2, -0.15) is 0 Å². The number of hydrogen-bond acceptors (Lipinski definition) is 7. The van der Waals surface area contributed by atoms with Gasteiger partial charge in [0.05, 0.1) is 6.61 Å². The van der Waals surface area contributed by atoms with Crippen molar-refractivity contribution in [3.63, 3.8) is 0 Å². The number of alkyl carbamates (subject to hydrolysis) is 1. The molecule has 0 saturated carbocycles. The number of hydrazine groups is 1. The van der Waals surface area contributed by atoms with Crippen LogP contribution in [0.25, 0.3) is 0 Å². The van der Waals surface area contributed by atoms with Gasteiger partial charge < -0.3 is 25.6 Å². The molecule has 0 saturated heterocycles. The number of aromatic hydroxyl groups is 1. The van der Waals surface area contributed by atoms with Crippen molar-refractivity contribution >= 4 is 17.9 Å². The summed E-state index contributed by atoms with van der Waals surface area (Å²) in [4.78, 5) is 36.1. The van der Waals surface area contributed by atoms with E-state index >= 15 is 0 Å². The van der Waals surface area contributed by atoms with Crippen molar-refractivity contribution in [1.29, 1.82) is 0 Å². The standard InChI is InChI=1S/C17H26N4O6/c1-17(2,3)27-16(26)20-13(9-22)14(24)19-12(15(25)21-18)8-10-4-6-11(23)7-5-10/h4-7,12-13,22-23H,8-9,18H2,1-3H3,(H,19,24)(H,20,26)(H,21,25)/t12-,13-/m0/s1. The number of hydrogen-bond donors (Lipinski definition) is 6. The van der Waals surface area contributed by atoms with E-state index in [-0.39, 0.29) is 12.2 Å². The van der Waals surface area contributed by atoms with E-state index in [1.165, 1.54) is 12.1 Å². The van der Waals surface area contributed by atoms with E-state index in [1.54, 1.807) is 32.9 Å². The molecular formula is C17H26N4O6. The number of rotatable bonds is 7. The number of carbonyl (C=O) groups is 3. The summed E-state index contributed by atoms with van der Waals surface area (Å²) in [6.45, 7) is 4.26. The minimum Gasteiger partial charge on any atom is -0.508 e. The summed E-state index contributed by atoms with van der Waals surface area (Å²) in [5.41, 5.74) is 1.83. The third kappa shape index (κ3) is 7.92. The molecule has 0 aliphatic rings. The van der Waals surface area contributed by atoms with Gasteiger partial charge in [-0.25, -0.2) is 10.6 Å². The second-order valence-electron chi connectivity index (χ2n) is 6.82. The van der Waals surface area contributed by atoms with Crippen LogP contribution in [-0.2, 0) is 20.7 Å². The Balaban J connectivity index is 2.79. The van der Waals surface area contributed by atoms with Gasteiger partial charge in [0.2, 0.25) is 5.91 Å². The smallest absolute Gasteiger partial charge is 0.408 e. The maximum atomic E-state index is 12.3. The van der Waals surface area contributed by atoms with Crippen LogP contribution in [-0.4, -0.2) is 52.4 Å². The lowest BCUT2D eigenvalue weighted by molar-refractivity contribution is -0.130. The largest absolute Gasteiger partial charge is 0.508 e. The average molecular weight is 382 g/mol. The molecule has 7 N–H and O–H groups in total. The molecule has 0 aliphatic carbocycles. The number of carbonyl (C=O) groups excluding carboxylic acids is 3. The number of amides is 3. The van der Waals surface area contributed by atoms with Crippen molar-refractivity contribution < 1.29 is 29.3 Å². The quantitative estimate of drug-likeness (QED) is 0.206. The number of aliphatic hydroxyl groups excluding tert-OH is 1. The second-order valence-corrected chi connectivity index (χ2v) is 6.82. The van der Waals surface area contributed by atoms with Gasteiger partial charge in [-0.3, -0.25) is 15.0 Å². The lowest BCUT2D eigenvalue weighted by Crippen LogP contribution is -2.56. The maximum Gasteiger partial charge on any atom is 0.408 e. The van der Waals surface area contributed by atoms with E-state index in [1.807, 2.05) is 5.43 Å². The summed E-state index contributed by atoms with van der Waals surface area (Å²) in [7, 11) is 0. The Hall–Kier alpha value is -2.85. The summed E-state index contributed by atoms with van der Waals surface area (Å²) >= 11 is 0. The molecule has 0 spiro atoms. The molecule has 10 heteroatoms. The highest BCUT2D eigenvalue weighted by molar-refractivity contribution is 5.91. The zero-order valence-electron chi connectivity index (χ0n) is 15.5. The Morgan fingerprint density at radius 2 is 1.67 bits per heavy atom. The van der Waals surface area contributed by atoms with Crippen molar-refractivity contribution in [2.45, 2.75) is 44.9 Å². The van der Waals surface area contributed by atoms with E-state index in [4.69, 9.17) is 10.6 Å². The van der Waals surface area contributed by atoms with Crippen molar-refractivity contribution in [1.82, 2.24) is 16.1 Å². The Bertz CT molecular complexity index is 656. The van der Waals surface area contributed by atoms with Crippen LogP contribution in [0.4, 0.5) is 4.79 Å². The molecule has 0 aromatic heterocycles. The van der Waals surface area contributed by atoms with Crippen LogP contribution in [0.3, 0.4) is 0 Å². The molecule has 0 radical (unpaired) electrons. The molecule has 0 fully saturated rings. The highest BCUT2D eigenvalue weighted by Gasteiger charge is 2.28. The highest BCUT2D eigenvalue weighted by Crippen LogP contribution is 2.11. The molecule has 3 amide bonds. The number of nitrogens with two attached hydrogens (primary N) is 1. The first-order valence-corrected chi connectivity index (χ1v) is 8.25. The SMILES string of the molecule is CC(C)(C)OC(=O)N[C@@H](CO)C(=O)N[C@@H](Cc1ccc(O)cc1)C(=O)NN. The molecule has 0 heterocycles. The lowest BCUT2D eigenvalue weighted by atomic mass is 10.0. The molecule has 1 rings (SSSR count). The van der Waals surface area contributed by atoms with Crippen LogP contribution in [0.5, 0.6) is 5.75 Å². The van der Waals surface area contributed by atoms with Gasteiger partial charge in [-0.15, -0.1) is 0 Å². The zero-order valence-corrected chi connectivity index (χ0v) is 15.5. The molecule has 0 aliphatic heterocycles. The van der Waals surface area contributed by atoms with Gasteiger partial charge >= 0.3 is 6.09 Å². The fourth-order valence-corrected chi connectivity index (χ4v) is 2.09. The van der Waals surface area contributed by atoms with Gasteiger partial charge in [0.25, 0.3) is 5.91 Å². The summed E-state index contributed by atoms with van der Waals surface area (Å²) in [6, 6.07) is 3.68. The fourth-order valence-electron chi connectivity index (χ4n) is 2.09. The number of aliphatic hydroxyl groups is 1. The molecular weight excluding hydrogens is 356 g/mol. The molecule has 10 nitrogen and oxygen atoms in total. The summed E-state index contributed by atoms with van der Waals surface area (Å²) in [5, 5.41) is 23.4. The predicted octanol–water partition coefficient (Wildman–Crippen LogP) is -0.705. The number of nitrogens with one attached hydrogen (secondary N) is 3. The topological polar surface area (TPSA) is 163 Å². The minimum absolute atomic E-state index is 0.0597. The van der Waals surface area contributed by atoms with Gasteiger partial charge in [-0.1, -0.05) is 12.1 Å². The monoisotopic (exact) mass is 382 g/mol. The first kappa shape index (κ1) is 22.2. The molecule has 150 valence electrons. The number of benzene rings is 1. The van der Waals surface area contributed by atoms with E-state index in [0.29, 0.717) is 5.56 Å². The van der Waals surface area contributed by atoms with Crippen LogP contribution < -0.4 is 21.9 Å². The summed E-state index contributed by atoms with van der Waals surface area (Å²) < 4.78 is 5.04. The fraction of sp³-hybridized carbons (Fsp3) is 0.471. The average Bonchev–Trinajstić information content (AvgIpc) is 2.58. The number of phenols is 1. The van der Waals surface area contributed by atoms with Crippen LogP contribution in [0.2, 0.25) is 0 Å². The van der Waals surface area contributed by atoms with E-state index in [9.17, 15) is 24.6 Å². The lowest BCUT2D eigenvalue weighted by Gasteiger charge is -2.24. The van der Waals surface area contributed by atoms with Crippen molar-refractivity contribution in [3.05, 3.63) is 29.8 Å². The van der Waals surface area contributed by atoms with E-state index < -0.39 is 42.2 Å². The number of ether oxygens (including phenoxy) is 1. The third-order valence-corrected chi connectivity index (χ3v) is 3.34. The van der Waals surface area contributed by atoms with Crippen LogP contribution in [0, 0.1) is 0 Å². The summed E-state index contributed by atoms with van der Waals surface area (Å²) in [5.74, 6) is 3.77. The highest BCUT2D eigenvalue weighted by atomic mass is 16.6. The van der Waals surface area contributed by atoms with Crippen molar-refractivity contribution in [2.24, 2.45) is 5.84 Å². The molecule has 27 heavy (non-hydrogen) atoms. The molecule has 0 bridgehead atoms. The maximum absolute atomic E-state index is 12.3. The minimum atomic E-state index is -1.31. The normalized spacial score (nSPS) is 13.2. The molecule has 0 unspecified atom stereocenters. The molecule has 1 aromatic carbocycles.